The predicted octanol–water partition coefficient (Wildman–Crippen LogP) is 3.96. The summed E-state index contributed by atoms with van der Waals surface area (Å²) in [6, 6.07) is 13.8. The lowest BCUT2D eigenvalue weighted by Gasteiger charge is -2.18. The van der Waals surface area contributed by atoms with Crippen molar-refractivity contribution < 1.29 is 8.42 Å². The summed E-state index contributed by atoms with van der Waals surface area (Å²) in [5.74, 6) is 0.232. The number of aryl methyl sites for hydroxylation is 2. The molecule has 1 fully saturated rings. The maximum absolute atomic E-state index is 13.1. The molecule has 1 N–H and O–H groups in total. The second kappa shape index (κ2) is 6.00. The van der Waals surface area contributed by atoms with Gasteiger partial charge < -0.3 is 4.98 Å². The molecule has 0 bridgehead atoms. The molecule has 25 heavy (non-hydrogen) atoms. The predicted molar refractivity (Wildman–Crippen MR) is 100 cm³/mol. The highest BCUT2D eigenvalue weighted by atomic mass is 32.2. The van der Waals surface area contributed by atoms with Gasteiger partial charge in [-0.2, -0.15) is 4.31 Å². The Hall–Kier alpha value is -2.11. The normalized spacial score (nSPS) is 18.9. The average molecular weight is 354 g/mol. The Bertz CT molecular complexity index is 1040. The monoisotopic (exact) mass is 354 g/mol. The minimum absolute atomic E-state index is 0.232. The Morgan fingerprint density at radius 2 is 1.92 bits per heavy atom. The van der Waals surface area contributed by atoms with Crippen molar-refractivity contribution in [1.82, 2.24) is 9.29 Å². The highest BCUT2D eigenvalue weighted by Crippen LogP contribution is 2.35. The Labute approximate surface area is 148 Å². The van der Waals surface area contributed by atoms with Crippen molar-refractivity contribution in [3.8, 4) is 0 Å². The Kier molecular flexibility index (Phi) is 3.93. The topological polar surface area (TPSA) is 53.2 Å². The first-order valence-electron chi connectivity index (χ1n) is 8.60. The standard InChI is InChI=1S/C20H22N2O2S/c1-14-7-8-15(2)20(11-14)25(23,24)22-10-9-16(13-22)18-12-21-19-6-4-3-5-17(18)19/h3-8,11-12,16,21H,9-10,13H2,1-2H3. The smallest absolute Gasteiger partial charge is 0.243 e. The zero-order chi connectivity index (χ0) is 17.6. The van der Waals surface area contributed by atoms with Crippen molar-refractivity contribution in [1.29, 1.82) is 0 Å². The molecule has 2 heterocycles. The van der Waals surface area contributed by atoms with Crippen LogP contribution in [0.4, 0.5) is 0 Å². The van der Waals surface area contributed by atoms with E-state index >= 15 is 0 Å². The van der Waals surface area contributed by atoms with E-state index in [1.807, 2.05) is 44.3 Å². The Morgan fingerprint density at radius 3 is 2.76 bits per heavy atom. The third-order valence-corrected chi connectivity index (χ3v) is 7.18. The fourth-order valence-electron chi connectivity index (χ4n) is 3.76. The molecule has 4 rings (SSSR count). The van der Waals surface area contributed by atoms with Crippen LogP contribution in [0.1, 0.15) is 29.0 Å². The third kappa shape index (κ3) is 2.77. The number of fused-ring (bicyclic) bond motifs is 1. The summed E-state index contributed by atoms with van der Waals surface area (Å²) in [6.07, 6.45) is 2.88. The fourth-order valence-corrected chi connectivity index (χ4v) is 5.57. The molecule has 2 aromatic carbocycles. The lowest BCUT2D eigenvalue weighted by molar-refractivity contribution is 0.472. The molecular formula is C20H22N2O2S. The van der Waals surface area contributed by atoms with Gasteiger partial charge in [0.15, 0.2) is 0 Å². The van der Waals surface area contributed by atoms with E-state index in [0.29, 0.717) is 18.0 Å². The molecule has 3 aromatic rings. The van der Waals surface area contributed by atoms with E-state index in [4.69, 9.17) is 0 Å². The molecule has 1 atom stereocenters. The summed E-state index contributed by atoms with van der Waals surface area (Å²) in [6.45, 7) is 4.90. The summed E-state index contributed by atoms with van der Waals surface area (Å²) >= 11 is 0. The van der Waals surface area contributed by atoms with E-state index < -0.39 is 10.0 Å². The first-order chi connectivity index (χ1) is 12.0. The SMILES string of the molecule is Cc1ccc(C)c(S(=O)(=O)N2CCC(c3c[nH]c4ccccc34)C2)c1. The van der Waals surface area contributed by atoms with Crippen molar-refractivity contribution in [2.45, 2.75) is 31.1 Å². The summed E-state index contributed by atoms with van der Waals surface area (Å²) in [5.41, 5.74) is 4.10. The molecule has 0 spiro atoms. The van der Waals surface area contributed by atoms with Crippen molar-refractivity contribution in [3.05, 3.63) is 65.4 Å². The molecular weight excluding hydrogens is 332 g/mol. The van der Waals surface area contributed by atoms with Crippen LogP contribution in [0.25, 0.3) is 10.9 Å². The number of para-hydroxylation sites is 1. The van der Waals surface area contributed by atoms with E-state index in [0.717, 1.165) is 23.1 Å². The van der Waals surface area contributed by atoms with Gasteiger partial charge in [-0.05, 0) is 49.1 Å². The first kappa shape index (κ1) is 16.4. The Balaban J connectivity index is 1.65. The van der Waals surface area contributed by atoms with Crippen molar-refractivity contribution in [3.63, 3.8) is 0 Å². The van der Waals surface area contributed by atoms with Crippen molar-refractivity contribution >= 4 is 20.9 Å². The van der Waals surface area contributed by atoms with Gasteiger partial charge in [0.25, 0.3) is 0 Å². The van der Waals surface area contributed by atoms with E-state index in [1.54, 1.807) is 10.4 Å². The third-order valence-electron chi connectivity index (χ3n) is 5.17. The molecule has 5 heteroatoms. The summed E-state index contributed by atoms with van der Waals surface area (Å²) in [7, 11) is -3.45. The molecule has 130 valence electrons. The molecule has 1 saturated heterocycles. The van der Waals surface area contributed by atoms with E-state index in [-0.39, 0.29) is 5.92 Å². The zero-order valence-electron chi connectivity index (χ0n) is 14.5. The number of aromatic amines is 1. The highest BCUT2D eigenvalue weighted by molar-refractivity contribution is 7.89. The van der Waals surface area contributed by atoms with Gasteiger partial charge in [0.1, 0.15) is 0 Å². The van der Waals surface area contributed by atoms with Gasteiger partial charge in [0.05, 0.1) is 4.90 Å². The molecule has 0 aliphatic carbocycles. The quantitative estimate of drug-likeness (QED) is 0.774. The molecule has 0 amide bonds. The molecule has 4 nitrogen and oxygen atoms in total. The van der Waals surface area contributed by atoms with E-state index in [9.17, 15) is 8.42 Å². The van der Waals surface area contributed by atoms with Gasteiger partial charge in [-0.25, -0.2) is 8.42 Å². The van der Waals surface area contributed by atoms with Gasteiger partial charge in [0, 0.05) is 36.1 Å². The second-order valence-corrected chi connectivity index (χ2v) is 8.81. The number of hydrogen-bond acceptors (Lipinski definition) is 2. The molecule has 0 saturated carbocycles. The van der Waals surface area contributed by atoms with Crippen molar-refractivity contribution in [2.75, 3.05) is 13.1 Å². The summed E-state index contributed by atoms with van der Waals surface area (Å²) in [4.78, 5) is 3.74. The maximum atomic E-state index is 13.1. The molecule has 1 unspecified atom stereocenters. The summed E-state index contributed by atoms with van der Waals surface area (Å²) in [5, 5.41) is 1.19. The van der Waals surface area contributed by atoms with Gasteiger partial charge in [-0.1, -0.05) is 30.3 Å². The number of rotatable bonds is 3. The number of H-pyrrole nitrogens is 1. The van der Waals surface area contributed by atoms with Gasteiger partial charge >= 0.3 is 0 Å². The molecule has 1 aliphatic heterocycles. The largest absolute Gasteiger partial charge is 0.361 e. The number of sulfonamides is 1. The van der Waals surface area contributed by atoms with Crippen LogP contribution in [-0.4, -0.2) is 30.8 Å². The average Bonchev–Trinajstić information content (AvgIpc) is 3.23. The fraction of sp³-hybridized carbons (Fsp3) is 0.300. The zero-order valence-corrected chi connectivity index (χ0v) is 15.3. The lowest BCUT2D eigenvalue weighted by atomic mass is 9.98. The van der Waals surface area contributed by atoms with E-state index in [2.05, 4.69) is 17.1 Å². The van der Waals surface area contributed by atoms with Crippen LogP contribution in [0.15, 0.2) is 53.6 Å². The highest BCUT2D eigenvalue weighted by Gasteiger charge is 2.34. The number of aromatic nitrogens is 1. The molecule has 1 aromatic heterocycles. The summed E-state index contributed by atoms with van der Waals surface area (Å²) < 4.78 is 27.8. The van der Waals surface area contributed by atoms with Crippen LogP contribution in [0, 0.1) is 13.8 Å². The van der Waals surface area contributed by atoms with Gasteiger partial charge in [-0.15, -0.1) is 0 Å². The minimum atomic E-state index is -3.45. The number of benzene rings is 2. The number of hydrogen-bond donors (Lipinski definition) is 1. The van der Waals surface area contributed by atoms with Crippen LogP contribution >= 0.6 is 0 Å². The maximum Gasteiger partial charge on any atom is 0.243 e. The van der Waals surface area contributed by atoms with Crippen LogP contribution in [0.2, 0.25) is 0 Å². The van der Waals surface area contributed by atoms with Crippen LogP contribution in [-0.2, 0) is 10.0 Å². The van der Waals surface area contributed by atoms with Crippen LogP contribution in [0.3, 0.4) is 0 Å². The van der Waals surface area contributed by atoms with Gasteiger partial charge in [0.2, 0.25) is 10.0 Å². The van der Waals surface area contributed by atoms with Gasteiger partial charge in [-0.3, -0.25) is 0 Å². The number of nitrogens with zero attached hydrogens (tertiary/aromatic N) is 1. The Morgan fingerprint density at radius 1 is 1.12 bits per heavy atom. The van der Waals surface area contributed by atoms with Crippen molar-refractivity contribution in [2.24, 2.45) is 0 Å². The minimum Gasteiger partial charge on any atom is -0.361 e. The van der Waals surface area contributed by atoms with Crippen LogP contribution in [0.5, 0.6) is 0 Å². The lowest BCUT2D eigenvalue weighted by Crippen LogP contribution is -2.29. The van der Waals surface area contributed by atoms with Crippen LogP contribution < -0.4 is 0 Å². The second-order valence-electron chi connectivity index (χ2n) is 6.91. The van der Waals surface area contributed by atoms with E-state index in [1.165, 1.54) is 10.9 Å². The number of nitrogens with one attached hydrogen (secondary N) is 1. The first-order valence-corrected chi connectivity index (χ1v) is 10.0. The molecule has 1 aliphatic rings. The molecule has 0 radical (unpaired) electrons.